The lowest BCUT2D eigenvalue weighted by atomic mass is 9.87. The van der Waals surface area contributed by atoms with E-state index in [9.17, 15) is 4.79 Å². The Hall–Kier alpha value is -1.91. The maximum absolute atomic E-state index is 12.4. The molecule has 1 heterocycles. The minimum atomic E-state index is 0.00601. The lowest BCUT2D eigenvalue weighted by Gasteiger charge is -2.26. The molecule has 0 aliphatic heterocycles. The number of benzene rings is 1. The van der Waals surface area contributed by atoms with Gasteiger partial charge in [0, 0.05) is 18.2 Å². The molecule has 5 heteroatoms. The average molecular weight is 300 g/mol. The Morgan fingerprint density at radius 3 is 2.82 bits per heavy atom. The number of hydrogen-bond donors (Lipinski definition) is 1. The number of rotatable bonds is 4. The first-order valence-electron chi connectivity index (χ1n) is 8.31. The van der Waals surface area contributed by atoms with Crippen LogP contribution >= 0.6 is 0 Å². The Morgan fingerprint density at radius 1 is 1.32 bits per heavy atom. The summed E-state index contributed by atoms with van der Waals surface area (Å²) in [7, 11) is 0. The SMILES string of the molecule is CCCn1nnc2cc(C(=O)NC3CCC(C)CC3)ccc21. The molecule has 0 radical (unpaired) electrons. The molecule has 1 amide bonds. The van der Waals surface area contributed by atoms with Crippen molar-refractivity contribution in [2.75, 3.05) is 0 Å². The van der Waals surface area contributed by atoms with Crippen molar-refractivity contribution < 1.29 is 4.79 Å². The van der Waals surface area contributed by atoms with Gasteiger partial charge in [-0.25, -0.2) is 4.68 Å². The molecule has 0 unspecified atom stereocenters. The van der Waals surface area contributed by atoms with E-state index in [-0.39, 0.29) is 5.91 Å². The Balaban J connectivity index is 1.71. The number of amides is 1. The molecule has 118 valence electrons. The van der Waals surface area contributed by atoms with E-state index in [0.29, 0.717) is 11.6 Å². The lowest BCUT2D eigenvalue weighted by molar-refractivity contribution is 0.0923. The first-order chi connectivity index (χ1) is 10.7. The summed E-state index contributed by atoms with van der Waals surface area (Å²) in [5, 5.41) is 11.5. The predicted molar refractivity (Wildman–Crippen MR) is 86.7 cm³/mol. The molecule has 1 aliphatic carbocycles. The molecule has 5 nitrogen and oxygen atoms in total. The number of carbonyl (C=O) groups excluding carboxylic acids is 1. The van der Waals surface area contributed by atoms with Gasteiger partial charge in [0.25, 0.3) is 5.91 Å². The van der Waals surface area contributed by atoms with Crippen molar-refractivity contribution in [3.8, 4) is 0 Å². The van der Waals surface area contributed by atoms with Crippen LogP contribution in [0.5, 0.6) is 0 Å². The van der Waals surface area contributed by atoms with Crippen LogP contribution < -0.4 is 5.32 Å². The zero-order valence-corrected chi connectivity index (χ0v) is 13.4. The highest BCUT2D eigenvalue weighted by Crippen LogP contribution is 2.24. The van der Waals surface area contributed by atoms with Gasteiger partial charge in [-0.05, 0) is 56.2 Å². The Morgan fingerprint density at radius 2 is 2.09 bits per heavy atom. The van der Waals surface area contributed by atoms with Crippen LogP contribution in [0.4, 0.5) is 0 Å². The Bertz CT molecular complexity index is 656. The van der Waals surface area contributed by atoms with E-state index >= 15 is 0 Å². The zero-order chi connectivity index (χ0) is 15.5. The maximum Gasteiger partial charge on any atom is 0.251 e. The van der Waals surface area contributed by atoms with E-state index in [1.54, 1.807) is 0 Å². The smallest absolute Gasteiger partial charge is 0.251 e. The fourth-order valence-corrected chi connectivity index (χ4v) is 3.16. The van der Waals surface area contributed by atoms with Gasteiger partial charge in [-0.1, -0.05) is 19.1 Å². The van der Waals surface area contributed by atoms with Crippen molar-refractivity contribution in [2.45, 2.75) is 58.5 Å². The van der Waals surface area contributed by atoms with Gasteiger partial charge in [-0.2, -0.15) is 0 Å². The summed E-state index contributed by atoms with van der Waals surface area (Å²) in [6, 6.07) is 5.98. The Kier molecular flexibility index (Phi) is 4.41. The van der Waals surface area contributed by atoms with Gasteiger partial charge < -0.3 is 5.32 Å². The second kappa shape index (κ2) is 6.46. The van der Waals surface area contributed by atoms with Crippen molar-refractivity contribution in [2.24, 2.45) is 5.92 Å². The molecule has 0 bridgehead atoms. The number of nitrogens with one attached hydrogen (secondary N) is 1. The van der Waals surface area contributed by atoms with E-state index in [2.05, 4.69) is 29.5 Å². The van der Waals surface area contributed by atoms with E-state index < -0.39 is 0 Å². The van der Waals surface area contributed by atoms with Gasteiger partial charge in [0.15, 0.2) is 0 Å². The molecule has 1 fully saturated rings. The molecule has 1 saturated carbocycles. The van der Waals surface area contributed by atoms with Gasteiger partial charge in [-0.3, -0.25) is 4.79 Å². The predicted octanol–water partition coefficient (Wildman–Crippen LogP) is 3.15. The monoisotopic (exact) mass is 300 g/mol. The molecular weight excluding hydrogens is 276 g/mol. The summed E-state index contributed by atoms with van der Waals surface area (Å²) in [5.74, 6) is 0.796. The minimum Gasteiger partial charge on any atom is -0.349 e. The van der Waals surface area contributed by atoms with Gasteiger partial charge in [0.1, 0.15) is 5.52 Å². The van der Waals surface area contributed by atoms with Crippen molar-refractivity contribution in [3.05, 3.63) is 23.8 Å². The van der Waals surface area contributed by atoms with Crippen LogP contribution in [0.15, 0.2) is 18.2 Å². The summed E-state index contributed by atoms with van der Waals surface area (Å²) in [6.45, 7) is 5.24. The molecule has 1 aromatic heterocycles. The zero-order valence-electron chi connectivity index (χ0n) is 13.4. The quantitative estimate of drug-likeness (QED) is 0.943. The van der Waals surface area contributed by atoms with Crippen LogP contribution in [0.25, 0.3) is 11.0 Å². The lowest BCUT2D eigenvalue weighted by Crippen LogP contribution is -2.37. The summed E-state index contributed by atoms with van der Waals surface area (Å²) >= 11 is 0. The van der Waals surface area contributed by atoms with E-state index in [1.165, 1.54) is 12.8 Å². The topological polar surface area (TPSA) is 59.8 Å². The van der Waals surface area contributed by atoms with Crippen LogP contribution in [-0.2, 0) is 6.54 Å². The fourth-order valence-electron chi connectivity index (χ4n) is 3.16. The van der Waals surface area contributed by atoms with Gasteiger partial charge in [0.2, 0.25) is 0 Å². The number of aryl methyl sites for hydroxylation is 1. The standard InChI is InChI=1S/C17H24N4O/c1-3-10-21-16-9-6-13(11-15(16)19-20-21)17(22)18-14-7-4-12(2)5-8-14/h6,9,11-12,14H,3-5,7-8,10H2,1-2H3,(H,18,22). The fraction of sp³-hybridized carbons (Fsp3) is 0.588. The third kappa shape index (κ3) is 3.13. The first-order valence-corrected chi connectivity index (χ1v) is 8.31. The third-order valence-electron chi connectivity index (χ3n) is 4.56. The molecular formula is C17H24N4O. The highest BCUT2D eigenvalue weighted by atomic mass is 16.1. The molecule has 0 atom stereocenters. The van der Waals surface area contributed by atoms with Crippen molar-refractivity contribution in [1.29, 1.82) is 0 Å². The minimum absolute atomic E-state index is 0.00601. The molecule has 3 rings (SSSR count). The second-order valence-corrected chi connectivity index (χ2v) is 6.45. The number of hydrogen-bond acceptors (Lipinski definition) is 3. The largest absolute Gasteiger partial charge is 0.349 e. The van der Waals surface area contributed by atoms with Crippen molar-refractivity contribution in [1.82, 2.24) is 20.3 Å². The summed E-state index contributed by atoms with van der Waals surface area (Å²) in [4.78, 5) is 12.4. The van der Waals surface area contributed by atoms with Gasteiger partial charge in [0.05, 0.1) is 5.52 Å². The van der Waals surface area contributed by atoms with Crippen LogP contribution in [-0.4, -0.2) is 26.9 Å². The number of fused-ring (bicyclic) bond motifs is 1. The number of aromatic nitrogens is 3. The molecule has 2 aromatic rings. The molecule has 1 aromatic carbocycles. The molecule has 22 heavy (non-hydrogen) atoms. The van der Waals surface area contributed by atoms with E-state index in [4.69, 9.17) is 0 Å². The van der Waals surface area contributed by atoms with Crippen LogP contribution in [0.1, 0.15) is 56.3 Å². The molecule has 1 N–H and O–H groups in total. The normalized spacial score (nSPS) is 21.9. The molecule has 1 aliphatic rings. The summed E-state index contributed by atoms with van der Waals surface area (Å²) in [6.07, 6.45) is 5.59. The summed E-state index contributed by atoms with van der Waals surface area (Å²) < 4.78 is 1.89. The van der Waals surface area contributed by atoms with Crippen molar-refractivity contribution >= 4 is 16.9 Å². The highest BCUT2D eigenvalue weighted by molar-refractivity contribution is 5.97. The van der Waals surface area contributed by atoms with Crippen molar-refractivity contribution in [3.63, 3.8) is 0 Å². The Labute approximate surface area is 131 Å². The van der Waals surface area contributed by atoms with E-state index in [1.807, 2.05) is 22.9 Å². The average Bonchev–Trinajstić information content (AvgIpc) is 2.92. The van der Waals surface area contributed by atoms with Gasteiger partial charge in [-0.15, -0.1) is 5.10 Å². The van der Waals surface area contributed by atoms with Crippen LogP contribution in [0.3, 0.4) is 0 Å². The number of nitrogens with zero attached hydrogens (tertiary/aromatic N) is 3. The number of carbonyl (C=O) groups is 1. The highest BCUT2D eigenvalue weighted by Gasteiger charge is 2.20. The molecule has 0 spiro atoms. The van der Waals surface area contributed by atoms with Crippen LogP contribution in [0.2, 0.25) is 0 Å². The van der Waals surface area contributed by atoms with E-state index in [0.717, 1.165) is 42.8 Å². The third-order valence-corrected chi connectivity index (χ3v) is 4.56. The molecule has 0 saturated heterocycles. The van der Waals surface area contributed by atoms with Crippen LogP contribution in [0, 0.1) is 5.92 Å². The summed E-state index contributed by atoms with van der Waals surface area (Å²) in [5.41, 5.74) is 2.46. The maximum atomic E-state index is 12.4. The first kappa shape index (κ1) is 15.0. The van der Waals surface area contributed by atoms with Gasteiger partial charge >= 0.3 is 0 Å². The second-order valence-electron chi connectivity index (χ2n) is 6.45.